The molecular formula is C8H6BNO9. The third-order valence-electron chi connectivity index (χ3n) is 1.54. The number of carboxylic acid groups (broad SMARTS) is 2. The maximum atomic E-state index is 10.8. The molecule has 0 saturated carbocycles. The molecule has 100 valence electrons. The van der Waals surface area contributed by atoms with Gasteiger partial charge in [-0.3, -0.25) is 0 Å². The Morgan fingerprint density at radius 1 is 0.895 bits per heavy atom. The van der Waals surface area contributed by atoms with Crippen molar-refractivity contribution in [2.45, 2.75) is 0 Å². The highest BCUT2D eigenvalue weighted by Gasteiger charge is 2.39. The van der Waals surface area contributed by atoms with E-state index in [1.54, 1.807) is 0 Å². The van der Waals surface area contributed by atoms with Gasteiger partial charge in [-0.05, 0) is 12.1 Å². The van der Waals surface area contributed by atoms with Gasteiger partial charge in [0.15, 0.2) is 0 Å². The molecule has 0 amide bonds. The first-order valence-corrected chi connectivity index (χ1v) is 4.58. The molecule has 1 aromatic rings. The predicted octanol–water partition coefficient (Wildman–Crippen LogP) is -1.84. The van der Waals surface area contributed by atoms with Gasteiger partial charge in [0.1, 0.15) is 0 Å². The maximum Gasteiger partial charge on any atom is 0.889 e. The fourth-order valence-corrected chi connectivity index (χ4v) is 0.831. The van der Waals surface area contributed by atoms with Gasteiger partial charge in [0.25, 0.3) is 0 Å². The third kappa shape index (κ3) is 4.42. The smallest absolute Gasteiger partial charge is 0.473 e. The quantitative estimate of drug-likeness (QED) is 0.476. The number of hydrogen-bond acceptors (Lipinski definition) is 7. The lowest BCUT2D eigenvalue weighted by atomic mass is 10.2. The van der Waals surface area contributed by atoms with Gasteiger partial charge in [-0.1, -0.05) is 0 Å². The first-order valence-electron chi connectivity index (χ1n) is 4.58. The maximum absolute atomic E-state index is 10.8. The van der Waals surface area contributed by atoms with Gasteiger partial charge in [0.2, 0.25) is 0 Å². The Morgan fingerprint density at radius 3 is 1.68 bits per heavy atom. The molecule has 11 heteroatoms. The largest absolute Gasteiger partial charge is 0.889 e. The fourth-order valence-electron chi connectivity index (χ4n) is 0.831. The Bertz CT molecular complexity index is 468. The summed E-state index contributed by atoms with van der Waals surface area (Å²) < 4.78 is 13.8. The molecule has 0 spiro atoms. The van der Waals surface area contributed by atoms with Crippen LogP contribution in [0.3, 0.4) is 0 Å². The Morgan fingerprint density at radius 2 is 1.32 bits per heavy atom. The molecule has 0 radical (unpaired) electrons. The van der Waals surface area contributed by atoms with Gasteiger partial charge in [-0.25, -0.2) is 23.9 Å². The Labute approximate surface area is 105 Å². The Kier molecular flexibility index (Phi) is 4.52. The van der Waals surface area contributed by atoms with E-state index in [0.29, 0.717) is 0 Å². The zero-order chi connectivity index (χ0) is 14.4. The highest BCUT2D eigenvalue weighted by Crippen LogP contribution is 1.95. The van der Waals surface area contributed by atoms with E-state index in [0.717, 1.165) is 4.73 Å². The van der Waals surface area contributed by atoms with Crippen molar-refractivity contribution in [3.8, 4) is 0 Å². The van der Waals surface area contributed by atoms with E-state index in [-0.39, 0.29) is 0 Å². The zero-order valence-corrected chi connectivity index (χ0v) is 9.09. The normalized spacial score (nSPS) is 9.26. The SMILES string of the molecule is O=C(O)C(=O)OB(OC(=O)C(=O)O)On1cccc1. The number of rotatable bonds is 4. The molecule has 0 atom stereocenters. The number of aliphatic carboxylic acids is 2. The highest BCUT2D eigenvalue weighted by atomic mass is 16.8. The minimum absolute atomic E-state index is 0.912. The molecule has 2 N–H and O–H groups in total. The van der Waals surface area contributed by atoms with Gasteiger partial charge in [0, 0.05) is 12.4 Å². The van der Waals surface area contributed by atoms with Crippen LogP contribution in [0.25, 0.3) is 0 Å². The molecular weight excluding hydrogens is 265 g/mol. The molecule has 0 aliphatic carbocycles. The van der Waals surface area contributed by atoms with Crippen LogP contribution in [-0.2, 0) is 28.5 Å². The van der Waals surface area contributed by atoms with Crippen LogP contribution in [0, 0.1) is 0 Å². The van der Waals surface area contributed by atoms with Crippen molar-refractivity contribution < 1.29 is 43.5 Å². The number of carbonyl (C=O) groups excluding carboxylic acids is 2. The number of carboxylic acids is 2. The Balaban J connectivity index is 2.72. The fraction of sp³-hybridized carbons (Fsp3) is 0. The molecule has 0 aliphatic heterocycles. The van der Waals surface area contributed by atoms with E-state index in [9.17, 15) is 19.2 Å². The molecule has 0 aromatic carbocycles. The summed E-state index contributed by atoms with van der Waals surface area (Å²) in [7, 11) is -2.15. The topological polar surface area (TPSA) is 141 Å². The average Bonchev–Trinajstić information content (AvgIpc) is 2.81. The molecule has 10 nitrogen and oxygen atoms in total. The van der Waals surface area contributed by atoms with Crippen molar-refractivity contribution in [2.75, 3.05) is 0 Å². The summed E-state index contributed by atoms with van der Waals surface area (Å²) in [6.45, 7) is 0. The zero-order valence-electron chi connectivity index (χ0n) is 9.09. The monoisotopic (exact) mass is 271 g/mol. The van der Waals surface area contributed by atoms with Gasteiger partial charge < -0.3 is 24.3 Å². The lowest BCUT2D eigenvalue weighted by Gasteiger charge is -2.12. The van der Waals surface area contributed by atoms with Crippen LogP contribution in [0.5, 0.6) is 0 Å². The first-order chi connectivity index (χ1) is 8.90. The van der Waals surface area contributed by atoms with Crippen molar-refractivity contribution >= 4 is 31.2 Å². The molecule has 1 rings (SSSR count). The first kappa shape index (κ1) is 14.1. The summed E-state index contributed by atoms with van der Waals surface area (Å²) in [6, 6.07) is 2.99. The number of nitrogens with zero attached hydrogens (tertiary/aromatic N) is 1. The lowest BCUT2D eigenvalue weighted by Crippen LogP contribution is -2.42. The van der Waals surface area contributed by atoms with Crippen LogP contribution >= 0.6 is 0 Å². The molecule has 1 heterocycles. The average molecular weight is 271 g/mol. The van der Waals surface area contributed by atoms with Gasteiger partial charge in [-0.2, -0.15) is 0 Å². The summed E-state index contributed by atoms with van der Waals surface area (Å²) in [5.74, 6) is -7.49. The van der Waals surface area contributed by atoms with E-state index in [1.165, 1.54) is 24.5 Å². The standard InChI is InChI=1S/C8H6BNO9/c11-5(12)7(15)17-9(18-8(16)6(13)14)19-10-3-1-2-4-10/h1-4H,(H,11,12)(H,13,14). The number of hydrogen-bond donors (Lipinski definition) is 2. The van der Waals surface area contributed by atoms with Crippen LogP contribution < -0.4 is 4.76 Å². The van der Waals surface area contributed by atoms with E-state index >= 15 is 0 Å². The predicted molar refractivity (Wildman–Crippen MR) is 54.2 cm³/mol. The van der Waals surface area contributed by atoms with Crippen molar-refractivity contribution in [1.29, 1.82) is 0 Å². The van der Waals surface area contributed by atoms with E-state index in [4.69, 9.17) is 15.0 Å². The number of carbonyl (C=O) groups is 4. The Hall–Kier alpha value is -2.98. The summed E-state index contributed by atoms with van der Waals surface area (Å²) in [4.78, 5) is 42.1. The molecule has 0 saturated heterocycles. The van der Waals surface area contributed by atoms with Crippen molar-refractivity contribution in [3.05, 3.63) is 24.5 Å². The van der Waals surface area contributed by atoms with Gasteiger partial charge in [-0.15, -0.1) is 0 Å². The minimum Gasteiger partial charge on any atom is -0.473 e. The molecule has 0 fully saturated rings. The minimum atomic E-state index is -2.15. The van der Waals surface area contributed by atoms with E-state index in [2.05, 4.69) is 9.31 Å². The third-order valence-corrected chi connectivity index (χ3v) is 1.54. The summed E-state index contributed by atoms with van der Waals surface area (Å²) in [6.07, 6.45) is 2.60. The van der Waals surface area contributed by atoms with Crippen molar-refractivity contribution in [2.24, 2.45) is 0 Å². The van der Waals surface area contributed by atoms with Crippen molar-refractivity contribution in [1.82, 2.24) is 4.73 Å². The van der Waals surface area contributed by atoms with Crippen molar-refractivity contribution in [3.63, 3.8) is 0 Å². The van der Waals surface area contributed by atoms with E-state index in [1.807, 2.05) is 0 Å². The summed E-state index contributed by atoms with van der Waals surface area (Å²) in [5, 5.41) is 16.6. The molecule has 0 aliphatic rings. The number of aromatic nitrogens is 1. The molecule has 19 heavy (non-hydrogen) atoms. The lowest BCUT2D eigenvalue weighted by molar-refractivity contribution is -0.164. The summed E-state index contributed by atoms with van der Waals surface area (Å²) >= 11 is 0. The van der Waals surface area contributed by atoms with Crippen LogP contribution in [-0.4, -0.2) is 46.1 Å². The van der Waals surface area contributed by atoms with Crippen LogP contribution in [0.1, 0.15) is 0 Å². The molecule has 0 bridgehead atoms. The van der Waals surface area contributed by atoms with Crippen LogP contribution in [0.4, 0.5) is 0 Å². The van der Waals surface area contributed by atoms with Crippen LogP contribution in [0.15, 0.2) is 24.5 Å². The second-order valence-electron chi connectivity index (χ2n) is 2.86. The second kappa shape index (κ2) is 6.09. The van der Waals surface area contributed by atoms with E-state index < -0.39 is 31.2 Å². The second-order valence-corrected chi connectivity index (χ2v) is 2.86. The van der Waals surface area contributed by atoms with Crippen LogP contribution in [0.2, 0.25) is 0 Å². The molecule has 0 unspecified atom stereocenters. The summed E-state index contributed by atoms with van der Waals surface area (Å²) in [5.41, 5.74) is 0. The van der Waals surface area contributed by atoms with Gasteiger partial charge >= 0.3 is 31.2 Å². The molecule has 1 aromatic heterocycles. The van der Waals surface area contributed by atoms with Gasteiger partial charge in [0.05, 0.1) is 0 Å². The highest BCUT2D eigenvalue weighted by molar-refractivity contribution is 6.50.